The summed E-state index contributed by atoms with van der Waals surface area (Å²) in [7, 11) is 1.29. The van der Waals surface area contributed by atoms with Crippen molar-refractivity contribution in [3.63, 3.8) is 0 Å². The molecule has 27 heavy (non-hydrogen) atoms. The van der Waals surface area contributed by atoms with Crippen molar-refractivity contribution in [2.75, 3.05) is 7.11 Å². The Morgan fingerprint density at radius 3 is 2.19 bits per heavy atom. The molecule has 6 heteroatoms. The van der Waals surface area contributed by atoms with Crippen LogP contribution in [0.3, 0.4) is 0 Å². The third kappa shape index (κ3) is 2.92. The molecule has 0 saturated carbocycles. The Kier molecular flexibility index (Phi) is 4.49. The van der Waals surface area contributed by atoms with Crippen LogP contribution in [-0.2, 0) is 25.7 Å². The smallest absolute Gasteiger partial charge is 0.323 e. The van der Waals surface area contributed by atoms with Gasteiger partial charge in [0.1, 0.15) is 6.04 Å². The van der Waals surface area contributed by atoms with Crippen LogP contribution in [0.25, 0.3) is 0 Å². The highest BCUT2D eigenvalue weighted by atomic mass is 16.5. The average molecular weight is 364 g/mol. The van der Waals surface area contributed by atoms with Crippen molar-refractivity contribution in [2.45, 2.75) is 18.6 Å². The molecule has 2 fully saturated rings. The van der Waals surface area contributed by atoms with Crippen molar-refractivity contribution in [1.82, 2.24) is 10.2 Å². The topological polar surface area (TPSA) is 75.7 Å². The number of carbonyl (C=O) groups excluding carboxylic acids is 3. The number of amides is 2. The Balaban J connectivity index is 1.69. The van der Waals surface area contributed by atoms with Crippen LogP contribution in [-0.4, -0.2) is 35.8 Å². The minimum atomic E-state index is -0.831. The highest BCUT2D eigenvalue weighted by Gasteiger charge is 2.61. The molecule has 0 bridgehead atoms. The van der Waals surface area contributed by atoms with Gasteiger partial charge >= 0.3 is 5.97 Å². The largest absolute Gasteiger partial charge is 0.468 e. The number of ether oxygens (including phenoxy) is 1. The zero-order chi connectivity index (χ0) is 19.0. The van der Waals surface area contributed by atoms with Gasteiger partial charge in [-0.25, -0.2) is 0 Å². The molecular weight excluding hydrogens is 344 g/mol. The van der Waals surface area contributed by atoms with E-state index in [1.807, 2.05) is 60.7 Å². The summed E-state index contributed by atoms with van der Waals surface area (Å²) in [5.74, 6) is -2.46. The van der Waals surface area contributed by atoms with Crippen LogP contribution in [0.15, 0.2) is 60.7 Å². The number of hydrogen-bond acceptors (Lipinski definition) is 5. The molecular formula is C21H20N2O4. The first-order chi connectivity index (χ1) is 13.1. The number of fused-ring (bicyclic) bond motifs is 1. The maximum atomic E-state index is 13.2. The fraction of sp³-hybridized carbons (Fsp3) is 0.286. The maximum Gasteiger partial charge on any atom is 0.323 e. The Bertz CT molecular complexity index is 868. The molecule has 0 aromatic heterocycles. The lowest BCUT2D eigenvalue weighted by Crippen LogP contribution is -2.43. The van der Waals surface area contributed by atoms with Gasteiger partial charge in [0.05, 0.1) is 25.5 Å². The Labute approximate surface area is 157 Å². The first kappa shape index (κ1) is 17.4. The molecule has 2 saturated heterocycles. The molecule has 0 radical (unpaired) electrons. The van der Waals surface area contributed by atoms with E-state index >= 15 is 0 Å². The van der Waals surface area contributed by atoms with E-state index in [0.29, 0.717) is 0 Å². The van der Waals surface area contributed by atoms with Gasteiger partial charge in [0.25, 0.3) is 0 Å². The summed E-state index contributed by atoms with van der Waals surface area (Å²) in [6, 6.07) is 17.6. The predicted molar refractivity (Wildman–Crippen MR) is 97.1 cm³/mol. The van der Waals surface area contributed by atoms with Crippen molar-refractivity contribution >= 4 is 17.8 Å². The third-order valence-corrected chi connectivity index (χ3v) is 5.36. The molecule has 4 rings (SSSR count). The zero-order valence-electron chi connectivity index (χ0n) is 14.9. The van der Waals surface area contributed by atoms with Gasteiger partial charge in [-0.05, 0) is 11.1 Å². The summed E-state index contributed by atoms with van der Waals surface area (Å²) >= 11 is 0. The number of hydrogen-bond donors (Lipinski definition) is 1. The SMILES string of the molecule is COC(=O)[C@H]1N[C@@H](c2ccccc2)[C@H]2C(=O)N(Cc3ccccc3)C(=O)[C@H]21. The first-order valence-corrected chi connectivity index (χ1v) is 8.90. The van der Waals surface area contributed by atoms with E-state index in [4.69, 9.17) is 4.74 Å². The number of carbonyl (C=O) groups is 3. The monoisotopic (exact) mass is 364 g/mol. The number of likely N-dealkylation sites (tertiary alicyclic amines) is 1. The Morgan fingerprint density at radius 2 is 1.56 bits per heavy atom. The van der Waals surface area contributed by atoms with E-state index in [2.05, 4.69) is 5.32 Å². The molecule has 2 amide bonds. The van der Waals surface area contributed by atoms with Crippen molar-refractivity contribution in [3.8, 4) is 0 Å². The molecule has 0 aliphatic carbocycles. The van der Waals surface area contributed by atoms with E-state index < -0.39 is 29.9 Å². The summed E-state index contributed by atoms with van der Waals surface area (Å²) < 4.78 is 4.88. The molecule has 6 nitrogen and oxygen atoms in total. The molecule has 4 atom stereocenters. The summed E-state index contributed by atoms with van der Waals surface area (Å²) in [6.07, 6.45) is 0. The second-order valence-electron chi connectivity index (χ2n) is 6.86. The minimum Gasteiger partial charge on any atom is -0.468 e. The quantitative estimate of drug-likeness (QED) is 0.660. The van der Waals surface area contributed by atoms with Crippen LogP contribution in [0.4, 0.5) is 0 Å². The van der Waals surface area contributed by atoms with Crippen molar-refractivity contribution in [2.24, 2.45) is 11.8 Å². The molecule has 138 valence electrons. The number of imide groups is 1. The van der Waals surface area contributed by atoms with Gasteiger partial charge in [-0.2, -0.15) is 0 Å². The molecule has 2 heterocycles. The zero-order valence-corrected chi connectivity index (χ0v) is 14.9. The van der Waals surface area contributed by atoms with Crippen LogP contribution in [0.5, 0.6) is 0 Å². The van der Waals surface area contributed by atoms with Gasteiger partial charge in [-0.3, -0.25) is 24.6 Å². The fourth-order valence-corrected chi connectivity index (χ4v) is 4.10. The fourth-order valence-electron chi connectivity index (χ4n) is 4.10. The van der Waals surface area contributed by atoms with Gasteiger partial charge in [0.2, 0.25) is 11.8 Å². The normalized spacial score (nSPS) is 26.9. The van der Waals surface area contributed by atoms with Gasteiger partial charge < -0.3 is 4.74 Å². The molecule has 2 aromatic rings. The number of rotatable bonds is 4. The molecule has 0 unspecified atom stereocenters. The van der Waals surface area contributed by atoms with E-state index in [1.54, 1.807) is 0 Å². The number of esters is 1. The number of nitrogens with zero attached hydrogens (tertiary/aromatic N) is 1. The Hall–Kier alpha value is -2.99. The van der Waals surface area contributed by atoms with Crippen LogP contribution >= 0.6 is 0 Å². The van der Waals surface area contributed by atoms with Gasteiger partial charge in [0, 0.05) is 6.04 Å². The lowest BCUT2D eigenvalue weighted by Gasteiger charge is -2.22. The molecule has 2 aromatic carbocycles. The first-order valence-electron chi connectivity index (χ1n) is 8.90. The third-order valence-electron chi connectivity index (χ3n) is 5.36. The van der Waals surface area contributed by atoms with Crippen molar-refractivity contribution in [1.29, 1.82) is 0 Å². The second-order valence-corrected chi connectivity index (χ2v) is 6.86. The average Bonchev–Trinajstić information content (AvgIpc) is 3.22. The number of nitrogens with one attached hydrogen (secondary N) is 1. The van der Waals surface area contributed by atoms with E-state index in [9.17, 15) is 14.4 Å². The van der Waals surface area contributed by atoms with E-state index in [-0.39, 0.29) is 18.4 Å². The summed E-state index contributed by atoms with van der Waals surface area (Å²) in [5, 5.41) is 3.16. The second kappa shape index (κ2) is 6.96. The number of benzene rings is 2. The van der Waals surface area contributed by atoms with Gasteiger partial charge in [-0.1, -0.05) is 60.7 Å². The summed E-state index contributed by atoms with van der Waals surface area (Å²) in [5.41, 5.74) is 1.75. The van der Waals surface area contributed by atoms with Gasteiger partial charge in [-0.15, -0.1) is 0 Å². The molecule has 2 aliphatic heterocycles. The number of methoxy groups -OCH3 is 1. The van der Waals surface area contributed by atoms with E-state index in [1.165, 1.54) is 12.0 Å². The lowest BCUT2D eigenvalue weighted by molar-refractivity contribution is -0.148. The highest BCUT2D eigenvalue weighted by Crippen LogP contribution is 2.44. The highest BCUT2D eigenvalue weighted by molar-refractivity contribution is 6.08. The summed E-state index contributed by atoms with van der Waals surface area (Å²) in [4.78, 5) is 39.8. The van der Waals surface area contributed by atoms with Crippen LogP contribution in [0.1, 0.15) is 17.2 Å². The lowest BCUT2D eigenvalue weighted by atomic mass is 9.86. The maximum absolute atomic E-state index is 13.2. The van der Waals surface area contributed by atoms with Crippen LogP contribution < -0.4 is 5.32 Å². The molecule has 1 N–H and O–H groups in total. The van der Waals surface area contributed by atoms with Gasteiger partial charge in [0.15, 0.2) is 0 Å². The Morgan fingerprint density at radius 1 is 0.963 bits per heavy atom. The summed E-state index contributed by atoms with van der Waals surface area (Å²) in [6.45, 7) is 0.209. The van der Waals surface area contributed by atoms with Crippen LogP contribution in [0, 0.1) is 11.8 Å². The molecule has 0 spiro atoms. The minimum absolute atomic E-state index is 0.209. The van der Waals surface area contributed by atoms with Crippen molar-refractivity contribution < 1.29 is 19.1 Å². The standard InChI is InChI=1S/C21H20N2O4/c1-27-21(26)18-16-15(17(22-18)14-10-6-3-7-11-14)19(24)23(20(16)25)12-13-8-4-2-5-9-13/h2-11,15-18,22H,12H2,1H3/t15-,16+,17-,18-/m0/s1. The molecule has 2 aliphatic rings. The van der Waals surface area contributed by atoms with Crippen molar-refractivity contribution in [3.05, 3.63) is 71.8 Å². The van der Waals surface area contributed by atoms with Crippen LogP contribution in [0.2, 0.25) is 0 Å². The van der Waals surface area contributed by atoms with E-state index in [0.717, 1.165) is 11.1 Å². The predicted octanol–water partition coefficient (Wildman–Crippen LogP) is 1.67.